The molecule has 2 aromatic carbocycles. The van der Waals surface area contributed by atoms with Crippen LogP contribution in [0.4, 0.5) is 5.69 Å². The molecule has 160 valence electrons. The van der Waals surface area contributed by atoms with Crippen LogP contribution in [0.1, 0.15) is 24.0 Å². The zero-order chi connectivity index (χ0) is 20.6. The van der Waals surface area contributed by atoms with Crippen LogP contribution >= 0.6 is 0 Å². The maximum Gasteiger partial charge on any atom is 0.191 e. The fraction of sp³-hybridized carbons (Fsp3) is 0.458. The third-order valence-electron chi connectivity index (χ3n) is 5.59. The van der Waals surface area contributed by atoms with Crippen LogP contribution in [0.3, 0.4) is 0 Å². The van der Waals surface area contributed by atoms with Gasteiger partial charge in [-0.05, 0) is 42.5 Å². The average molecular weight is 409 g/mol. The molecular formula is C24H32N4O2. The van der Waals surface area contributed by atoms with Crippen molar-refractivity contribution in [2.24, 2.45) is 10.9 Å². The number of rotatable bonds is 8. The molecule has 0 aromatic heterocycles. The highest BCUT2D eigenvalue weighted by Gasteiger charge is 2.22. The third-order valence-corrected chi connectivity index (χ3v) is 5.59. The van der Waals surface area contributed by atoms with E-state index in [0.717, 1.165) is 62.6 Å². The van der Waals surface area contributed by atoms with Crippen molar-refractivity contribution < 1.29 is 9.47 Å². The minimum absolute atomic E-state index is 0.677. The fourth-order valence-electron chi connectivity index (χ4n) is 3.51. The Morgan fingerprint density at radius 3 is 2.50 bits per heavy atom. The minimum Gasteiger partial charge on any atom is -0.493 e. The van der Waals surface area contributed by atoms with Gasteiger partial charge in [0.15, 0.2) is 5.96 Å². The predicted octanol–water partition coefficient (Wildman–Crippen LogP) is 3.18. The van der Waals surface area contributed by atoms with Gasteiger partial charge < -0.3 is 25.0 Å². The summed E-state index contributed by atoms with van der Waals surface area (Å²) in [6.07, 6.45) is 2.59. The molecule has 1 saturated heterocycles. The smallest absolute Gasteiger partial charge is 0.191 e. The predicted molar refractivity (Wildman–Crippen MR) is 121 cm³/mol. The Kier molecular flexibility index (Phi) is 7.08. The second-order valence-corrected chi connectivity index (χ2v) is 7.91. The summed E-state index contributed by atoms with van der Waals surface area (Å²) >= 11 is 0. The Morgan fingerprint density at radius 1 is 1.03 bits per heavy atom. The fourth-order valence-corrected chi connectivity index (χ4v) is 3.51. The van der Waals surface area contributed by atoms with Crippen LogP contribution in [-0.4, -0.2) is 45.9 Å². The first-order valence-electron chi connectivity index (χ1n) is 10.9. The van der Waals surface area contributed by atoms with E-state index in [4.69, 9.17) is 9.47 Å². The van der Waals surface area contributed by atoms with Crippen LogP contribution in [0.25, 0.3) is 0 Å². The van der Waals surface area contributed by atoms with Gasteiger partial charge in [0, 0.05) is 44.5 Å². The van der Waals surface area contributed by atoms with Gasteiger partial charge in [0.05, 0.1) is 19.8 Å². The van der Waals surface area contributed by atoms with Gasteiger partial charge in [-0.3, -0.25) is 4.99 Å². The summed E-state index contributed by atoms with van der Waals surface area (Å²) in [6, 6.07) is 16.9. The first-order chi connectivity index (χ1) is 14.8. The van der Waals surface area contributed by atoms with Gasteiger partial charge in [0.2, 0.25) is 0 Å². The lowest BCUT2D eigenvalue weighted by molar-refractivity contribution is 0.122. The number of benzene rings is 2. The molecule has 2 N–H and O–H groups in total. The standard InChI is InChI=1S/C24H32N4O2/c1-25-24(27-17-21-4-2-3-5-23(21)30-18-20-6-7-20)26-16-19-8-10-22(11-9-19)28-12-14-29-15-13-28/h2-5,8-11,20H,6-7,12-18H2,1H3,(H2,25,26,27). The van der Waals surface area contributed by atoms with E-state index in [1.807, 2.05) is 18.2 Å². The van der Waals surface area contributed by atoms with E-state index in [1.54, 1.807) is 7.05 Å². The number of aliphatic imine (C=N–C) groups is 1. The van der Waals surface area contributed by atoms with Crippen LogP contribution in [0.15, 0.2) is 53.5 Å². The molecule has 1 saturated carbocycles. The molecule has 30 heavy (non-hydrogen) atoms. The largest absolute Gasteiger partial charge is 0.493 e. The van der Waals surface area contributed by atoms with Crippen molar-refractivity contribution in [3.8, 4) is 5.75 Å². The lowest BCUT2D eigenvalue weighted by Gasteiger charge is -2.28. The second kappa shape index (κ2) is 10.3. The molecular weight excluding hydrogens is 376 g/mol. The van der Waals surface area contributed by atoms with E-state index in [9.17, 15) is 0 Å². The lowest BCUT2D eigenvalue weighted by Crippen LogP contribution is -2.36. The monoisotopic (exact) mass is 408 g/mol. The number of guanidine groups is 1. The Morgan fingerprint density at radius 2 is 1.77 bits per heavy atom. The number of morpholine rings is 1. The van der Waals surface area contributed by atoms with Gasteiger partial charge in [0.1, 0.15) is 5.75 Å². The molecule has 0 spiro atoms. The van der Waals surface area contributed by atoms with Gasteiger partial charge in [0.25, 0.3) is 0 Å². The summed E-state index contributed by atoms with van der Waals surface area (Å²) in [5, 5.41) is 6.80. The third kappa shape index (κ3) is 5.89. The van der Waals surface area contributed by atoms with Crippen molar-refractivity contribution in [2.75, 3.05) is 44.9 Å². The van der Waals surface area contributed by atoms with Crippen molar-refractivity contribution >= 4 is 11.6 Å². The Balaban J connectivity index is 1.26. The minimum atomic E-state index is 0.677. The van der Waals surface area contributed by atoms with E-state index >= 15 is 0 Å². The molecule has 1 aliphatic carbocycles. The Bertz CT molecular complexity index is 827. The Labute approximate surface area is 179 Å². The Hall–Kier alpha value is -2.73. The summed E-state index contributed by atoms with van der Waals surface area (Å²) in [5.74, 6) is 2.49. The number of nitrogens with one attached hydrogen (secondary N) is 2. The van der Waals surface area contributed by atoms with Crippen molar-refractivity contribution in [1.29, 1.82) is 0 Å². The van der Waals surface area contributed by atoms with Gasteiger partial charge >= 0.3 is 0 Å². The van der Waals surface area contributed by atoms with Crippen molar-refractivity contribution in [3.63, 3.8) is 0 Å². The molecule has 2 aliphatic rings. The number of nitrogens with zero attached hydrogens (tertiary/aromatic N) is 2. The van der Waals surface area contributed by atoms with Crippen molar-refractivity contribution in [3.05, 3.63) is 59.7 Å². The van der Waals surface area contributed by atoms with Crippen LogP contribution in [0, 0.1) is 5.92 Å². The van der Waals surface area contributed by atoms with Gasteiger partial charge in [-0.1, -0.05) is 30.3 Å². The van der Waals surface area contributed by atoms with Gasteiger partial charge in [-0.2, -0.15) is 0 Å². The van der Waals surface area contributed by atoms with Gasteiger partial charge in [-0.15, -0.1) is 0 Å². The normalized spacial score (nSPS) is 17.0. The summed E-state index contributed by atoms with van der Waals surface area (Å²) in [4.78, 5) is 6.72. The molecule has 0 amide bonds. The highest BCUT2D eigenvalue weighted by atomic mass is 16.5. The molecule has 0 bridgehead atoms. The molecule has 2 aromatic rings. The molecule has 0 atom stereocenters. The number of hydrogen-bond donors (Lipinski definition) is 2. The van der Waals surface area contributed by atoms with E-state index in [1.165, 1.54) is 24.1 Å². The zero-order valence-electron chi connectivity index (χ0n) is 17.8. The highest BCUT2D eigenvalue weighted by Crippen LogP contribution is 2.30. The average Bonchev–Trinajstić information content (AvgIpc) is 3.64. The molecule has 6 heteroatoms. The maximum atomic E-state index is 6.01. The SMILES string of the molecule is CN=C(NCc1ccc(N2CCOCC2)cc1)NCc1ccccc1OCC1CC1. The van der Waals surface area contributed by atoms with E-state index in [0.29, 0.717) is 6.54 Å². The first kappa shape index (κ1) is 20.5. The molecule has 1 heterocycles. The highest BCUT2D eigenvalue weighted by molar-refractivity contribution is 5.79. The van der Waals surface area contributed by atoms with Crippen LogP contribution in [0.5, 0.6) is 5.75 Å². The molecule has 0 radical (unpaired) electrons. The summed E-state index contributed by atoms with van der Waals surface area (Å²) in [7, 11) is 1.80. The maximum absolute atomic E-state index is 6.01. The molecule has 4 rings (SSSR count). The van der Waals surface area contributed by atoms with Crippen molar-refractivity contribution in [2.45, 2.75) is 25.9 Å². The topological polar surface area (TPSA) is 58.1 Å². The molecule has 6 nitrogen and oxygen atoms in total. The number of anilines is 1. The second-order valence-electron chi connectivity index (χ2n) is 7.91. The molecule has 1 aliphatic heterocycles. The van der Waals surface area contributed by atoms with Crippen LogP contribution in [0.2, 0.25) is 0 Å². The van der Waals surface area contributed by atoms with Crippen LogP contribution in [-0.2, 0) is 17.8 Å². The number of para-hydroxylation sites is 1. The quantitative estimate of drug-likeness (QED) is 0.519. The molecule has 0 unspecified atom stereocenters. The van der Waals surface area contributed by atoms with E-state index in [2.05, 4.69) is 50.9 Å². The summed E-state index contributed by atoms with van der Waals surface area (Å²) < 4.78 is 11.4. The van der Waals surface area contributed by atoms with Crippen molar-refractivity contribution in [1.82, 2.24) is 10.6 Å². The first-order valence-corrected chi connectivity index (χ1v) is 10.9. The lowest BCUT2D eigenvalue weighted by atomic mass is 10.2. The number of hydrogen-bond acceptors (Lipinski definition) is 4. The summed E-state index contributed by atoms with van der Waals surface area (Å²) in [6.45, 7) is 5.75. The van der Waals surface area contributed by atoms with E-state index < -0.39 is 0 Å². The van der Waals surface area contributed by atoms with E-state index in [-0.39, 0.29) is 0 Å². The zero-order valence-corrected chi connectivity index (χ0v) is 17.8. The van der Waals surface area contributed by atoms with Crippen LogP contribution < -0.4 is 20.3 Å². The molecule has 2 fully saturated rings. The van der Waals surface area contributed by atoms with Gasteiger partial charge in [-0.25, -0.2) is 0 Å². The number of ether oxygens (including phenoxy) is 2. The summed E-state index contributed by atoms with van der Waals surface area (Å²) in [5.41, 5.74) is 3.63.